The summed E-state index contributed by atoms with van der Waals surface area (Å²) in [5.41, 5.74) is 24.3. The topological polar surface area (TPSA) is 262 Å². The summed E-state index contributed by atoms with van der Waals surface area (Å²) in [4.78, 5) is 0. The van der Waals surface area contributed by atoms with Crippen molar-refractivity contribution in [3.05, 3.63) is 0 Å². The summed E-state index contributed by atoms with van der Waals surface area (Å²) in [5.74, 6) is 1.35. The van der Waals surface area contributed by atoms with Crippen molar-refractivity contribution in [3.63, 3.8) is 0 Å². The van der Waals surface area contributed by atoms with Crippen LogP contribution < -0.4 is 22.9 Å². The van der Waals surface area contributed by atoms with Crippen molar-refractivity contribution in [2.24, 2.45) is 22.9 Å². The number of aliphatic hydroxyl groups is 6. The minimum Gasteiger partial charge on any atom is -0.389 e. The van der Waals surface area contributed by atoms with Gasteiger partial charge in [0.05, 0.1) is 18.2 Å². The Hall–Kier alpha value is -0.210. The molecule has 0 aromatic heterocycles. The zero-order chi connectivity index (χ0) is 33.1. The molecule has 3 rings (SSSR count). The summed E-state index contributed by atoms with van der Waals surface area (Å²) in [5, 5.41) is 63.5. The van der Waals surface area contributed by atoms with Crippen LogP contribution in [0.4, 0.5) is 0 Å². The normalized spacial score (nSPS) is 42.6. The Morgan fingerprint density at radius 2 is 1.13 bits per heavy atom. The van der Waals surface area contributed by atoms with E-state index < -0.39 is 91.7 Å². The van der Waals surface area contributed by atoms with E-state index in [1.807, 2.05) is 0 Å². The highest BCUT2D eigenvalue weighted by molar-refractivity contribution is 7.99. The SMILES string of the molecule is CCCCCCCCCCCCSC[C@H]1O[C@H](O[C@@H]2[C@@H](O)[C@H](O[C@H]3O[C@H](CN)[C@@H](O)[C@H](O)[C@H]3O)[C@@H](N)C[C@H]2N)[C@H](O)[C@@H](N)[C@@H]1O. The summed E-state index contributed by atoms with van der Waals surface area (Å²) in [6.45, 7) is 2.08. The van der Waals surface area contributed by atoms with E-state index in [9.17, 15) is 30.6 Å². The maximum absolute atomic E-state index is 11.2. The molecule has 0 bridgehead atoms. The van der Waals surface area contributed by atoms with Crippen LogP contribution in [0, 0.1) is 0 Å². The Bertz CT molecular complexity index is 825. The number of hydrogen-bond donors (Lipinski definition) is 10. The minimum atomic E-state index is -1.64. The lowest BCUT2D eigenvalue weighted by Gasteiger charge is -2.48. The molecule has 3 fully saturated rings. The first kappa shape index (κ1) is 39.2. The Balaban J connectivity index is 1.49. The smallest absolute Gasteiger partial charge is 0.187 e. The molecule has 45 heavy (non-hydrogen) atoms. The third-order valence-corrected chi connectivity index (χ3v) is 10.4. The summed E-state index contributed by atoms with van der Waals surface area (Å²) < 4.78 is 23.3. The van der Waals surface area contributed by atoms with E-state index in [0.717, 1.165) is 18.6 Å². The van der Waals surface area contributed by atoms with Crippen LogP contribution in [0.5, 0.6) is 0 Å². The van der Waals surface area contributed by atoms with E-state index in [0.29, 0.717) is 5.75 Å². The van der Waals surface area contributed by atoms with Gasteiger partial charge in [-0.2, -0.15) is 11.8 Å². The maximum atomic E-state index is 11.2. The van der Waals surface area contributed by atoms with E-state index in [1.165, 1.54) is 51.4 Å². The van der Waals surface area contributed by atoms with Crippen LogP contribution in [0.25, 0.3) is 0 Å². The van der Waals surface area contributed by atoms with Crippen molar-refractivity contribution in [3.8, 4) is 0 Å². The van der Waals surface area contributed by atoms with Gasteiger partial charge < -0.3 is 72.5 Å². The van der Waals surface area contributed by atoms with E-state index in [-0.39, 0.29) is 13.0 Å². The summed E-state index contributed by atoms with van der Waals surface area (Å²) in [6.07, 6.45) is -2.71. The average molecular weight is 669 g/mol. The lowest BCUT2D eigenvalue weighted by molar-refractivity contribution is -0.330. The van der Waals surface area contributed by atoms with Gasteiger partial charge in [-0.1, -0.05) is 64.7 Å². The number of hydrogen-bond acceptors (Lipinski definition) is 15. The Labute approximate surface area is 271 Å². The van der Waals surface area contributed by atoms with E-state index >= 15 is 0 Å². The average Bonchev–Trinajstić information content (AvgIpc) is 3.02. The van der Waals surface area contributed by atoms with Crippen LogP contribution in [0.3, 0.4) is 0 Å². The lowest BCUT2D eigenvalue weighted by Crippen LogP contribution is -2.68. The predicted octanol–water partition coefficient (Wildman–Crippen LogP) is -1.63. The van der Waals surface area contributed by atoms with Crippen molar-refractivity contribution in [2.45, 2.75) is 169 Å². The highest BCUT2D eigenvalue weighted by Gasteiger charge is 2.51. The first-order valence-electron chi connectivity index (χ1n) is 16.8. The van der Waals surface area contributed by atoms with Crippen LogP contribution in [0.15, 0.2) is 0 Å². The molecule has 0 amide bonds. The molecule has 1 aliphatic carbocycles. The molecular weight excluding hydrogens is 608 g/mol. The van der Waals surface area contributed by atoms with Crippen molar-refractivity contribution in [2.75, 3.05) is 18.1 Å². The molecule has 1 saturated carbocycles. The monoisotopic (exact) mass is 668 g/mol. The van der Waals surface area contributed by atoms with Crippen molar-refractivity contribution in [1.82, 2.24) is 0 Å². The maximum Gasteiger partial charge on any atom is 0.187 e. The van der Waals surface area contributed by atoms with Gasteiger partial charge >= 0.3 is 0 Å². The van der Waals surface area contributed by atoms with Crippen molar-refractivity contribution in [1.29, 1.82) is 0 Å². The second-order valence-corrected chi connectivity index (χ2v) is 14.0. The molecule has 2 saturated heterocycles. The van der Waals surface area contributed by atoms with Gasteiger partial charge in [-0.25, -0.2) is 0 Å². The number of aliphatic hydroxyl groups excluding tert-OH is 6. The van der Waals surface area contributed by atoms with Gasteiger partial charge in [0, 0.05) is 24.4 Å². The molecule has 14 N–H and O–H groups in total. The van der Waals surface area contributed by atoms with Gasteiger partial charge in [-0.05, 0) is 18.6 Å². The van der Waals surface area contributed by atoms with E-state index in [1.54, 1.807) is 11.8 Å². The molecule has 15 heteroatoms. The third-order valence-electron chi connectivity index (χ3n) is 9.23. The van der Waals surface area contributed by atoms with Crippen molar-refractivity contribution >= 4 is 11.8 Å². The molecule has 3 aliphatic rings. The van der Waals surface area contributed by atoms with Gasteiger partial charge in [0.1, 0.15) is 48.8 Å². The summed E-state index contributed by atoms with van der Waals surface area (Å²) >= 11 is 1.64. The van der Waals surface area contributed by atoms with Crippen LogP contribution in [0.1, 0.15) is 77.6 Å². The Morgan fingerprint density at radius 3 is 1.69 bits per heavy atom. The molecule has 266 valence electrons. The fourth-order valence-corrected chi connectivity index (χ4v) is 7.36. The highest BCUT2D eigenvalue weighted by atomic mass is 32.2. The third kappa shape index (κ3) is 10.9. The molecule has 0 unspecified atom stereocenters. The molecule has 2 aliphatic heterocycles. The first-order chi connectivity index (χ1) is 21.5. The molecule has 0 aromatic carbocycles. The molecule has 0 spiro atoms. The molecular formula is C30H60N4O10S. The van der Waals surface area contributed by atoms with Crippen LogP contribution in [0.2, 0.25) is 0 Å². The second kappa shape index (κ2) is 19.7. The van der Waals surface area contributed by atoms with E-state index in [4.69, 9.17) is 41.9 Å². The number of rotatable bonds is 18. The Morgan fingerprint density at radius 1 is 0.622 bits per heavy atom. The number of nitrogens with two attached hydrogens (primary N) is 4. The van der Waals surface area contributed by atoms with Crippen LogP contribution >= 0.6 is 11.8 Å². The highest BCUT2D eigenvalue weighted by Crippen LogP contribution is 2.32. The van der Waals surface area contributed by atoms with Crippen LogP contribution in [-0.4, -0.2) is 140 Å². The quantitative estimate of drug-likeness (QED) is 0.0735. The zero-order valence-electron chi connectivity index (χ0n) is 26.6. The Kier molecular flexibility index (Phi) is 17.2. The fraction of sp³-hybridized carbons (Fsp3) is 1.00. The largest absolute Gasteiger partial charge is 0.389 e. The fourth-order valence-electron chi connectivity index (χ4n) is 6.28. The number of unbranched alkanes of at least 4 members (excludes halogenated alkanes) is 9. The minimum absolute atomic E-state index is 0.135. The lowest BCUT2D eigenvalue weighted by atomic mass is 9.84. The number of thioether (sulfide) groups is 1. The zero-order valence-corrected chi connectivity index (χ0v) is 27.4. The van der Waals surface area contributed by atoms with Gasteiger partial charge in [-0.3, -0.25) is 0 Å². The van der Waals surface area contributed by atoms with Gasteiger partial charge in [0.25, 0.3) is 0 Å². The van der Waals surface area contributed by atoms with Crippen molar-refractivity contribution < 1.29 is 49.6 Å². The van der Waals surface area contributed by atoms with E-state index in [2.05, 4.69) is 6.92 Å². The number of ether oxygens (including phenoxy) is 4. The summed E-state index contributed by atoms with van der Waals surface area (Å²) in [7, 11) is 0. The standard InChI is InChI=1S/C30H60N4O10S/c1-2-3-4-5-6-7-8-9-10-11-12-45-15-19-21(35)20(34)23(37)29(42-19)43-27-16(32)13-17(33)28(26(27)40)44-30-25(39)24(38)22(36)18(14-31)41-30/h16-30,35-40H,2-15,31-34H2,1H3/t16-,17+,18-,19-,20+,21-,22-,23-,24+,25-,26-,27+,28-,29-,30-/m1/s1. The predicted molar refractivity (Wildman–Crippen MR) is 170 cm³/mol. The van der Waals surface area contributed by atoms with Gasteiger partial charge in [-0.15, -0.1) is 0 Å². The molecule has 15 atom stereocenters. The second-order valence-electron chi connectivity index (χ2n) is 12.9. The molecule has 0 radical (unpaired) electrons. The molecule has 14 nitrogen and oxygen atoms in total. The summed E-state index contributed by atoms with van der Waals surface area (Å²) in [6, 6.07) is -2.63. The first-order valence-corrected chi connectivity index (χ1v) is 17.9. The van der Waals surface area contributed by atoms with Crippen LogP contribution in [-0.2, 0) is 18.9 Å². The van der Waals surface area contributed by atoms with Gasteiger partial charge in [0.2, 0.25) is 0 Å². The molecule has 0 aromatic rings. The van der Waals surface area contributed by atoms with Gasteiger partial charge in [0.15, 0.2) is 12.6 Å². The molecule has 2 heterocycles.